The molecule has 0 radical (unpaired) electrons. The van der Waals surface area contributed by atoms with E-state index in [-0.39, 0.29) is 10.8 Å². The van der Waals surface area contributed by atoms with Gasteiger partial charge in [0.25, 0.3) is 0 Å². The first-order valence-corrected chi connectivity index (χ1v) is 7.47. The molecule has 0 aromatic heterocycles. The molecule has 2 aliphatic carbocycles. The molecule has 0 spiro atoms. The van der Waals surface area contributed by atoms with Crippen molar-refractivity contribution >= 4 is 5.78 Å². The standard InChI is InChI=1S/C19H22O/c1-18-12-7-6-10-16(18)19(2,17(20)11-13-18)14-15-8-4-3-5-9-15/h3-9,11,13,16H,10,12,14H2,1-2H3/t16-,18-,19+/m1/s1. The van der Waals surface area contributed by atoms with Gasteiger partial charge in [-0.15, -0.1) is 0 Å². The van der Waals surface area contributed by atoms with Crippen molar-refractivity contribution in [2.45, 2.75) is 33.1 Å². The van der Waals surface area contributed by atoms with Crippen LogP contribution >= 0.6 is 0 Å². The fourth-order valence-corrected chi connectivity index (χ4v) is 4.01. The van der Waals surface area contributed by atoms with Crippen molar-refractivity contribution in [3.63, 3.8) is 0 Å². The monoisotopic (exact) mass is 266 g/mol. The van der Waals surface area contributed by atoms with E-state index in [1.165, 1.54) is 5.56 Å². The molecule has 104 valence electrons. The highest BCUT2D eigenvalue weighted by molar-refractivity contribution is 5.96. The summed E-state index contributed by atoms with van der Waals surface area (Å²) in [6.07, 6.45) is 11.4. The molecule has 0 unspecified atom stereocenters. The van der Waals surface area contributed by atoms with Crippen LogP contribution in [0, 0.1) is 16.7 Å². The van der Waals surface area contributed by atoms with Crippen molar-refractivity contribution in [2.75, 3.05) is 0 Å². The zero-order valence-electron chi connectivity index (χ0n) is 12.3. The molecule has 0 saturated heterocycles. The van der Waals surface area contributed by atoms with Crippen LogP contribution in [-0.2, 0) is 11.2 Å². The lowest BCUT2D eigenvalue weighted by atomic mass is 9.53. The molecule has 0 saturated carbocycles. The van der Waals surface area contributed by atoms with Gasteiger partial charge in [0.2, 0.25) is 0 Å². The normalized spacial score (nSPS) is 35.9. The maximum Gasteiger partial charge on any atom is 0.161 e. The van der Waals surface area contributed by atoms with Crippen molar-refractivity contribution in [1.82, 2.24) is 0 Å². The summed E-state index contributed by atoms with van der Waals surface area (Å²) in [7, 11) is 0. The number of benzene rings is 1. The number of ketones is 1. The van der Waals surface area contributed by atoms with Gasteiger partial charge in [-0.1, -0.05) is 62.4 Å². The zero-order valence-corrected chi connectivity index (χ0v) is 12.3. The Bertz CT molecular complexity index is 569. The lowest BCUT2D eigenvalue weighted by molar-refractivity contribution is -0.130. The molecular weight excluding hydrogens is 244 g/mol. The van der Waals surface area contributed by atoms with Crippen LogP contribution in [-0.4, -0.2) is 5.78 Å². The van der Waals surface area contributed by atoms with Gasteiger partial charge in [-0.2, -0.15) is 0 Å². The Hall–Kier alpha value is -1.63. The largest absolute Gasteiger partial charge is 0.294 e. The van der Waals surface area contributed by atoms with Crippen LogP contribution in [0.3, 0.4) is 0 Å². The number of carbonyl (C=O) groups excluding carboxylic acids is 1. The minimum Gasteiger partial charge on any atom is -0.294 e. The van der Waals surface area contributed by atoms with E-state index in [9.17, 15) is 4.79 Å². The summed E-state index contributed by atoms with van der Waals surface area (Å²) >= 11 is 0. The first kappa shape index (κ1) is 13.4. The van der Waals surface area contributed by atoms with E-state index in [1.54, 1.807) is 0 Å². The first-order valence-electron chi connectivity index (χ1n) is 7.47. The second kappa shape index (κ2) is 4.73. The second-order valence-corrected chi connectivity index (χ2v) is 6.75. The van der Waals surface area contributed by atoms with E-state index in [2.05, 4.69) is 56.3 Å². The van der Waals surface area contributed by atoms with Gasteiger partial charge in [-0.05, 0) is 42.2 Å². The number of rotatable bonds is 2. The molecule has 0 bridgehead atoms. The highest BCUT2D eigenvalue weighted by Gasteiger charge is 2.50. The maximum atomic E-state index is 12.6. The van der Waals surface area contributed by atoms with Gasteiger partial charge in [0.15, 0.2) is 5.78 Å². The molecule has 0 N–H and O–H groups in total. The number of hydrogen-bond donors (Lipinski definition) is 0. The van der Waals surface area contributed by atoms with Gasteiger partial charge in [0.1, 0.15) is 0 Å². The fourth-order valence-electron chi connectivity index (χ4n) is 4.01. The van der Waals surface area contributed by atoms with Crippen LogP contribution in [0.2, 0.25) is 0 Å². The predicted molar refractivity (Wildman–Crippen MR) is 82.4 cm³/mol. The summed E-state index contributed by atoms with van der Waals surface area (Å²) in [5.74, 6) is 0.692. The summed E-state index contributed by atoms with van der Waals surface area (Å²) in [5, 5.41) is 0. The third-order valence-electron chi connectivity index (χ3n) is 5.25. The second-order valence-electron chi connectivity index (χ2n) is 6.75. The van der Waals surface area contributed by atoms with Gasteiger partial charge in [0.05, 0.1) is 0 Å². The molecule has 3 atom stereocenters. The third-order valence-corrected chi connectivity index (χ3v) is 5.25. The lowest BCUT2D eigenvalue weighted by Gasteiger charge is -2.49. The molecular formula is C19H22O. The molecule has 0 amide bonds. The van der Waals surface area contributed by atoms with Crippen molar-refractivity contribution in [2.24, 2.45) is 16.7 Å². The van der Waals surface area contributed by atoms with Gasteiger partial charge in [-0.3, -0.25) is 4.79 Å². The first-order chi connectivity index (χ1) is 9.55. The van der Waals surface area contributed by atoms with Crippen molar-refractivity contribution in [1.29, 1.82) is 0 Å². The molecule has 3 rings (SSSR count). The molecule has 0 aliphatic heterocycles. The number of hydrogen-bond acceptors (Lipinski definition) is 1. The van der Waals surface area contributed by atoms with Crippen LogP contribution < -0.4 is 0 Å². The van der Waals surface area contributed by atoms with Crippen LogP contribution in [0.5, 0.6) is 0 Å². The Morgan fingerprint density at radius 1 is 1.15 bits per heavy atom. The Balaban J connectivity index is 1.99. The van der Waals surface area contributed by atoms with Gasteiger partial charge in [-0.25, -0.2) is 0 Å². The lowest BCUT2D eigenvalue weighted by Crippen LogP contribution is -2.48. The molecule has 1 nitrogen and oxygen atoms in total. The maximum absolute atomic E-state index is 12.6. The van der Waals surface area contributed by atoms with E-state index in [4.69, 9.17) is 0 Å². The number of carbonyl (C=O) groups is 1. The summed E-state index contributed by atoms with van der Waals surface area (Å²) in [4.78, 5) is 12.6. The van der Waals surface area contributed by atoms with Crippen molar-refractivity contribution in [3.05, 3.63) is 60.2 Å². The molecule has 1 aromatic rings. The molecule has 2 aliphatic rings. The van der Waals surface area contributed by atoms with E-state index in [1.807, 2.05) is 12.1 Å². The molecule has 1 aromatic carbocycles. The minimum atomic E-state index is -0.282. The van der Waals surface area contributed by atoms with Crippen LogP contribution in [0.15, 0.2) is 54.6 Å². The summed E-state index contributed by atoms with van der Waals surface area (Å²) in [6.45, 7) is 4.46. The molecule has 0 heterocycles. The summed E-state index contributed by atoms with van der Waals surface area (Å²) < 4.78 is 0. The quantitative estimate of drug-likeness (QED) is 0.727. The zero-order chi connectivity index (χ0) is 14.2. The van der Waals surface area contributed by atoms with Crippen LogP contribution in [0.25, 0.3) is 0 Å². The third kappa shape index (κ3) is 2.06. The Morgan fingerprint density at radius 3 is 2.65 bits per heavy atom. The average molecular weight is 266 g/mol. The SMILES string of the molecule is C[C@@]12C=CC(=O)[C@@](C)(Cc3ccccc3)[C@@H]1CC=CC2. The van der Waals surface area contributed by atoms with Crippen LogP contribution in [0.1, 0.15) is 32.3 Å². The number of allylic oxidation sites excluding steroid dienone is 4. The molecule has 20 heavy (non-hydrogen) atoms. The highest BCUT2D eigenvalue weighted by Crippen LogP contribution is 2.53. The van der Waals surface area contributed by atoms with E-state index >= 15 is 0 Å². The molecule has 1 heteroatoms. The Labute approximate surface area is 121 Å². The van der Waals surface area contributed by atoms with Crippen LogP contribution in [0.4, 0.5) is 0 Å². The Kier molecular flexibility index (Phi) is 3.16. The highest BCUT2D eigenvalue weighted by atomic mass is 16.1. The smallest absolute Gasteiger partial charge is 0.161 e. The van der Waals surface area contributed by atoms with Gasteiger partial charge >= 0.3 is 0 Å². The minimum absolute atomic E-state index is 0.131. The van der Waals surface area contributed by atoms with E-state index in [0.717, 1.165) is 19.3 Å². The predicted octanol–water partition coefficient (Wildman–Crippen LogP) is 4.35. The van der Waals surface area contributed by atoms with Gasteiger partial charge < -0.3 is 0 Å². The molecule has 0 fully saturated rings. The Morgan fingerprint density at radius 2 is 1.90 bits per heavy atom. The van der Waals surface area contributed by atoms with Crippen molar-refractivity contribution in [3.8, 4) is 0 Å². The number of fused-ring (bicyclic) bond motifs is 1. The van der Waals surface area contributed by atoms with E-state index < -0.39 is 0 Å². The summed E-state index contributed by atoms with van der Waals surface area (Å²) in [6, 6.07) is 10.4. The fraction of sp³-hybridized carbons (Fsp3) is 0.421. The van der Waals surface area contributed by atoms with Gasteiger partial charge in [0, 0.05) is 5.41 Å². The van der Waals surface area contributed by atoms with Crippen molar-refractivity contribution < 1.29 is 4.79 Å². The summed E-state index contributed by atoms with van der Waals surface area (Å²) in [5.41, 5.74) is 1.11. The van der Waals surface area contributed by atoms with E-state index in [0.29, 0.717) is 11.7 Å². The topological polar surface area (TPSA) is 17.1 Å². The average Bonchev–Trinajstić information content (AvgIpc) is 2.45.